The third kappa shape index (κ3) is 4.59. The zero-order chi connectivity index (χ0) is 26.0. The third-order valence-electron chi connectivity index (χ3n) is 6.39. The number of rotatable bonds is 7. The highest BCUT2D eigenvalue weighted by Gasteiger charge is 2.47. The number of amides is 1. The lowest BCUT2D eigenvalue weighted by atomic mass is 9.93. The van der Waals surface area contributed by atoms with E-state index in [0.717, 1.165) is 16.9 Å². The summed E-state index contributed by atoms with van der Waals surface area (Å²) in [7, 11) is 1.58. The number of carbonyl (C=O) groups is 2. The molecule has 0 saturated carbocycles. The number of aliphatic hydroxyl groups is 1. The van der Waals surface area contributed by atoms with Gasteiger partial charge in [0.05, 0.1) is 25.3 Å². The van der Waals surface area contributed by atoms with Crippen molar-refractivity contribution in [3.63, 3.8) is 0 Å². The largest absolute Gasteiger partial charge is 0.507 e. The van der Waals surface area contributed by atoms with Gasteiger partial charge in [-0.1, -0.05) is 43.7 Å². The van der Waals surface area contributed by atoms with E-state index in [1.54, 1.807) is 31.4 Å². The van der Waals surface area contributed by atoms with Crippen LogP contribution < -0.4 is 14.4 Å². The average molecular weight is 486 g/mol. The first kappa shape index (κ1) is 25.0. The number of Topliss-reactive ketones (excluding diaryl/α,β-unsaturated/α-hetero) is 1. The smallest absolute Gasteiger partial charge is 0.300 e. The Morgan fingerprint density at radius 1 is 1.00 bits per heavy atom. The van der Waals surface area contributed by atoms with Crippen molar-refractivity contribution >= 4 is 23.1 Å². The molecule has 0 spiro atoms. The summed E-state index contributed by atoms with van der Waals surface area (Å²) in [6, 6.07) is 19.1. The van der Waals surface area contributed by atoms with Crippen LogP contribution in [-0.2, 0) is 9.59 Å². The number of aliphatic hydroxyl groups excluding tert-OH is 1. The second kappa shape index (κ2) is 10.3. The van der Waals surface area contributed by atoms with E-state index in [2.05, 4.69) is 0 Å². The molecule has 0 aliphatic carbocycles. The van der Waals surface area contributed by atoms with Crippen LogP contribution >= 0.6 is 0 Å². The van der Waals surface area contributed by atoms with E-state index in [0.29, 0.717) is 29.2 Å². The number of nitrogens with zero attached hydrogens (tertiary/aromatic N) is 1. The third-order valence-corrected chi connectivity index (χ3v) is 6.39. The Balaban J connectivity index is 1.92. The summed E-state index contributed by atoms with van der Waals surface area (Å²) in [4.78, 5) is 28.2. The van der Waals surface area contributed by atoms with Gasteiger partial charge in [-0.3, -0.25) is 14.5 Å². The minimum absolute atomic E-state index is 0.0459. The molecule has 1 heterocycles. The Hall–Kier alpha value is -4.06. The lowest BCUT2D eigenvalue weighted by Gasteiger charge is -2.26. The molecule has 0 aromatic heterocycles. The van der Waals surface area contributed by atoms with Crippen molar-refractivity contribution in [2.45, 2.75) is 39.7 Å². The van der Waals surface area contributed by atoms with Gasteiger partial charge in [-0.05, 0) is 73.4 Å². The summed E-state index contributed by atoms with van der Waals surface area (Å²) in [5, 5.41) is 11.5. The van der Waals surface area contributed by atoms with Crippen molar-refractivity contribution in [1.29, 1.82) is 0 Å². The molecule has 1 unspecified atom stereocenters. The van der Waals surface area contributed by atoms with Crippen molar-refractivity contribution in [3.8, 4) is 11.5 Å². The van der Waals surface area contributed by atoms with Crippen molar-refractivity contribution < 1.29 is 24.2 Å². The predicted molar refractivity (Wildman–Crippen MR) is 141 cm³/mol. The molecule has 6 heteroatoms. The SMILES string of the molecule is CCOc1ccc(/C(O)=C2/C(=O)C(=O)N(c3ccc(C)cc3)C2c2ccc(OC)cc2)cc1C(C)C. The van der Waals surface area contributed by atoms with Crippen LogP contribution in [0.15, 0.2) is 72.3 Å². The molecule has 6 nitrogen and oxygen atoms in total. The zero-order valence-electron chi connectivity index (χ0n) is 21.2. The Bertz CT molecular complexity index is 1310. The number of methoxy groups -OCH3 is 1. The number of aryl methyl sites for hydroxylation is 1. The molecule has 4 rings (SSSR count). The van der Waals surface area contributed by atoms with E-state index >= 15 is 0 Å². The summed E-state index contributed by atoms with van der Waals surface area (Å²) in [6.45, 7) is 8.46. The van der Waals surface area contributed by atoms with Gasteiger partial charge in [-0.2, -0.15) is 0 Å². The molecule has 3 aromatic carbocycles. The van der Waals surface area contributed by atoms with Crippen LogP contribution in [0.2, 0.25) is 0 Å². The minimum atomic E-state index is -0.798. The summed E-state index contributed by atoms with van der Waals surface area (Å²) in [6.07, 6.45) is 0. The van der Waals surface area contributed by atoms with Crippen molar-refractivity contribution in [1.82, 2.24) is 0 Å². The number of hydrogen-bond acceptors (Lipinski definition) is 5. The molecule has 36 heavy (non-hydrogen) atoms. The van der Waals surface area contributed by atoms with Crippen molar-refractivity contribution in [2.75, 3.05) is 18.6 Å². The van der Waals surface area contributed by atoms with E-state index < -0.39 is 17.7 Å². The number of hydrogen-bond donors (Lipinski definition) is 1. The van der Waals surface area contributed by atoms with Gasteiger partial charge in [0.2, 0.25) is 0 Å². The molecule has 186 valence electrons. The highest BCUT2D eigenvalue weighted by Crippen LogP contribution is 2.43. The van der Waals surface area contributed by atoms with E-state index in [4.69, 9.17) is 9.47 Å². The summed E-state index contributed by atoms with van der Waals surface area (Å²) >= 11 is 0. The molecular formula is C30H31NO5. The standard InChI is InChI=1S/C30H31NO5/c1-6-36-25-16-11-21(17-24(25)18(2)3)28(32)26-27(20-9-14-23(35-5)15-10-20)31(30(34)29(26)33)22-12-7-19(4)8-13-22/h7-18,27,32H,6H2,1-5H3/b28-26-. The Morgan fingerprint density at radius 3 is 2.25 bits per heavy atom. The van der Waals surface area contributed by atoms with Gasteiger partial charge in [-0.25, -0.2) is 0 Å². The summed E-state index contributed by atoms with van der Waals surface area (Å²) < 4.78 is 11.0. The van der Waals surface area contributed by atoms with E-state index in [1.165, 1.54) is 4.90 Å². The number of ketones is 1. The van der Waals surface area contributed by atoms with E-state index in [1.807, 2.05) is 70.2 Å². The molecule has 1 N–H and O–H groups in total. The predicted octanol–water partition coefficient (Wildman–Crippen LogP) is 6.15. The number of ether oxygens (including phenoxy) is 2. The summed E-state index contributed by atoms with van der Waals surface area (Å²) in [5.41, 5.74) is 3.72. The highest BCUT2D eigenvalue weighted by atomic mass is 16.5. The topological polar surface area (TPSA) is 76.1 Å². The monoisotopic (exact) mass is 485 g/mol. The van der Waals surface area contributed by atoms with Crippen LogP contribution in [0.4, 0.5) is 5.69 Å². The number of benzene rings is 3. The fraction of sp³-hybridized carbons (Fsp3) is 0.267. The maximum absolute atomic E-state index is 13.4. The van der Waals surface area contributed by atoms with Crippen LogP contribution in [0.25, 0.3) is 5.76 Å². The normalized spacial score (nSPS) is 17.1. The van der Waals surface area contributed by atoms with E-state index in [9.17, 15) is 14.7 Å². The second-order valence-corrected chi connectivity index (χ2v) is 9.12. The van der Waals surface area contributed by atoms with Crippen LogP contribution in [0.1, 0.15) is 55.0 Å². The number of carbonyl (C=O) groups excluding carboxylic acids is 2. The zero-order valence-corrected chi connectivity index (χ0v) is 21.2. The Labute approximate surface area is 211 Å². The first-order valence-electron chi connectivity index (χ1n) is 12.1. The quantitative estimate of drug-likeness (QED) is 0.247. The summed E-state index contributed by atoms with van der Waals surface area (Å²) in [5.74, 6) is -0.111. The van der Waals surface area contributed by atoms with Crippen LogP contribution in [0, 0.1) is 6.92 Å². The first-order valence-corrected chi connectivity index (χ1v) is 12.1. The fourth-order valence-corrected chi connectivity index (χ4v) is 4.50. The maximum atomic E-state index is 13.4. The van der Waals surface area contributed by atoms with Gasteiger partial charge in [0.15, 0.2) is 0 Å². The molecular weight excluding hydrogens is 454 g/mol. The lowest BCUT2D eigenvalue weighted by molar-refractivity contribution is -0.132. The van der Waals surface area contributed by atoms with Gasteiger partial charge in [-0.15, -0.1) is 0 Å². The van der Waals surface area contributed by atoms with Gasteiger partial charge >= 0.3 is 0 Å². The molecule has 1 fully saturated rings. The molecule has 1 amide bonds. The molecule has 0 radical (unpaired) electrons. The van der Waals surface area contributed by atoms with Crippen LogP contribution in [0.3, 0.4) is 0 Å². The lowest BCUT2D eigenvalue weighted by Crippen LogP contribution is -2.29. The van der Waals surface area contributed by atoms with Gasteiger partial charge in [0.1, 0.15) is 17.3 Å². The second-order valence-electron chi connectivity index (χ2n) is 9.12. The molecule has 3 aromatic rings. The van der Waals surface area contributed by atoms with Gasteiger partial charge in [0.25, 0.3) is 11.7 Å². The average Bonchev–Trinajstić information content (AvgIpc) is 3.14. The molecule has 1 atom stereocenters. The minimum Gasteiger partial charge on any atom is -0.507 e. The van der Waals surface area contributed by atoms with Crippen LogP contribution in [0.5, 0.6) is 11.5 Å². The van der Waals surface area contributed by atoms with E-state index in [-0.39, 0.29) is 17.3 Å². The highest BCUT2D eigenvalue weighted by molar-refractivity contribution is 6.51. The van der Waals surface area contributed by atoms with Gasteiger partial charge < -0.3 is 14.6 Å². The number of anilines is 1. The van der Waals surface area contributed by atoms with Crippen LogP contribution in [-0.4, -0.2) is 30.5 Å². The Morgan fingerprint density at radius 2 is 1.67 bits per heavy atom. The van der Waals surface area contributed by atoms with Crippen molar-refractivity contribution in [3.05, 3.63) is 94.6 Å². The Kier molecular flexibility index (Phi) is 7.15. The first-order chi connectivity index (χ1) is 17.3. The molecule has 1 aliphatic rings. The fourth-order valence-electron chi connectivity index (χ4n) is 4.50. The molecule has 0 bridgehead atoms. The molecule has 1 aliphatic heterocycles. The molecule has 1 saturated heterocycles. The van der Waals surface area contributed by atoms with Gasteiger partial charge in [0, 0.05) is 11.3 Å². The maximum Gasteiger partial charge on any atom is 0.300 e. The van der Waals surface area contributed by atoms with Crippen molar-refractivity contribution in [2.24, 2.45) is 0 Å².